The maximum atomic E-state index is 5.99. The van der Waals surface area contributed by atoms with Gasteiger partial charge in [-0.15, -0.1) is 11.8 Å². The lowest BCUT2D eigenvalue weighted by Crippen LogP contribution is -1.78. The average molecular weight is 269 g/mol. The van der Waals surface area contributed by atoms with Gasteiger partial charge in [-0.1, -0.05) is 41.4 Å². The third kappa shape index (κ3) is 2.54. The highest BCUT2D eigenvalue weighted by atomic mass is 35.5. The summed E-state index contributed by atoms with van der Waals surface area (Å²) in [5, 5.41) is 1.18. The van der Waals surface area contributed by atoms with Crippen LogP contribution in [0.3, 0.4) is 0 Å². The molecule has 2 rings (SSSR count). The summed E-state index contributed by atoms with van der Waals surface area (Å²) in [4.78, 5) is 1.25. The van der Waals surface area contributed by atoms with E-state index in [2.05, 4.69) is 30.5 Å². The smallest absolute Gasteiger partial charge is 0.0598 e. The fraction of sp³-hybridized carbons (Fsp3) is 0.0769. The van der Waals surface area contributed by atoms with E-state index in [0.29, 0.717) is 10.0 Å². The minimum absolute atomic E-state index is 0.589. The summed E-state index contributed by atoms with van der Waals surface area (Å²) in [6.45, 7) is 0. The van der Waals surface area contributed by atoms with E-state index in [1.54, 1.807) is 11.8 Å². The van der Waals surface area contributed by atoms with Crippen LogP contribution < -0.4 is 0 Å². The molecule has 0 unspecified atom stereocenters. The lowest BCUT2D eigenvalue weighted by molar-refractivity contribution is 1.46. The first kappa shape index (κ1) is 11.8. The Hall–Kier alpha value is -0.630. The number of halogens is 2. The Morgan fingerprint density at radius 2 is 1.44 bits per heavy atom. The second-order valence-corrected chi connectivity index (χ2v) is 5.05. The molecular weight excluding hydrogens is 259 g/mol. The van der Waals surface area contributed by atoms with Crippen LogP contribution in [0.5, 0.6) is 0 Å². The molecule has 0 saturated heterocycles. The van der Waals surface area contributed by atoms with Crippen molar-refractivity contribution in [3.05, 3.63) is 52.5 Å². The normalized spacial score (nSPS) is 10.4. The summed E-state index contributed by atoms with van der Waals surface area (Å²) < 4.78 is 0. The topological polar surface area (TPSA) is 0 Å². The van der Waals surface area contributed by atoms with Gasteiger partial charge in [0.15, 0.2) is 0 Å². The van der Waals surface area contributed by atoms with Crippen molar-refractivity contribution in [2.45, 2.75) is 4.90 Å². The predicted octanol–water partition coefficient (Wildman–Crippen LogP) is 5.38. The molecule has 82 valence electrons. The molecule has 0 aromatic heterocycles. The van der Waals surface area contributed by atoms with Gasteiger partial charge in [0.25, 0.3) is 0 Å². The molecule has 0 aliphatic heterocycles. The molecule has 0 nitrogen and oxygen atoms in total. The van der Waals surface area contributed by atoms with E-state index >= 15 is 0 Å². The van der Waals surface area contributed by atoms with Gasteiger partial charge in [-0.3, -0.25) is 0 Å². The van der Waals surface area contributed by atoms with Gasteiger partial charge in [0, 0.05) is 4.90 Å². The predicted molar refractivity (Wildman–Crippen MR) is 73.7 cm³/mol. The number of benzene rings is 2. The highest BCUT2D eigenvalue weighted by molar-refractivity contribution is 7.98. The van der Waals surface area contributed by atoms with E-state index in [9.17, 15) is 0 Å². The molecule has 0 bridgehead atoms. The first-order valence-electron chi connectivity index (χ1n) is 4.80. The van der Waals surface area contributed by atoms with E-state index in [-0.39, 0.29) is 0 Å². The highest BCUT2D eigenvalue weighted by Crippen LogP contribution is 2.29. The van der Waals surface area contributed by atoms with Crippen molar-refractivity contribution in [2.75, 3.05) is 6.26 Å². The zero-order chi connectivity index (χ0) is 11.5. The van der Waals surface area contributed by atoms with Gasteiger partial charge < -0.3 is 0 Å². The van der Waals surface area contributed by atoms with E-state index in [1.807, 2.05) is 18.2 Å². The van der Waals surface area contributed by atoms with Crippen LogP contribution in [-0.2, 0) is 0 Å². The third-order valence-electron chi connectivity index (χ3n) is 2.34. The van der Waals surface area contributed by atoms with Gasteiger partial charge >= 0.3 is 0 Å². The maximum absolute atomic E-state index is 5.99. The second kappa shape index (κ2) is 5.13. The van der Waals surface area contributed by atoms with Crippen molar-refractivity contribution < 1.29 is 0 Å². The largest absolute Gasteiger partial charge is 0.130 e. The maximum Gasteiger partial charge on any atom is 0.0598 e. The quantitative estimate of drug-likeness (QED) is 0.659. The molecule has 0 heterocycles. The fourth-order valence-corrected chi connectivity index (χ4v) is 2.17. The molecule has 0 radical (unpaired) electrons. The SMILES string of the molecule is CSc1ccc(-c2ccc(Cl)c(Cl)c2)cc1. The molecule has 0 aliphatic rings. The molecule has 0 fully saturated rings. The van der Waals surface area contributed by atoms with Crippen molar-refractivity contribution in [3.63, 3.8) is 0 Å². The Kier molecular flexibility index (Phi) is 3.80. The summed E-state index contributed by atoms with van der Waals surface area (Å²) in [7, 11) is 0. The number of rotatable bonds is 2. The Morgan fingerprint density at radius 3 is 2.00 bits per heavy atom. The highest BCUT2D eigenvalue weighted by Gasteiger charge is 2.01. The van der Waals surface area contributed by atoms with Crippen molar-refractivity contribution in [2.24, 2.45) is 0 Å². The molecule has 3 heteroatoms. The lowest BCUT2D eigenvalue weighted by atomic mass is 10.1. The summed E-state index contributed by atoms with van der Waals surface area (Å²) in [5.41, 5.74) is 2.23. The van der Waals surface area contributed by atoms with E-state index in [0.717, 1.165) is 11.1 Å². The van der Waals surface area contributed by atoms with Gasteiger partial charge in [0.1, 0.15) is 0 Å². The van der Waals surface area contributed by atoms with Crippen LogP contribution in [0.25, 0.3) is 11.1 Å². The van der Waals surface area contributed by atoms with Crippen molar-refractivity contribution in [1.82, 2.24) is 0 Å². The second-order valence-electron chi connectivity index (χ2n) is 3.36. The molecule has 0 spiro atoms. The van der Waals surface area contributed by atoms with E-state index in [1.165, 1.54) is 4.90 Å². The third-order valence-corrected chi connectivity index (χ3v) is 3.83. The van der Waals surface area contributed by atoms with Gasteiger partial charge in [0.2, 0.25) is 0 Å². The zero-order valence-corrected chi connectivity index (χ0v) is 11.0. The van der Waals surface area contributed by atoms with E-state index < -0.39 is 0 Å². The minimum atomic E-state index is 0.589. The molecule has 16 heavy (non-hydrogen) atoms. The molecule has 0 aliphatic carbocycles. The molecule has 0 saturated carbocycles. The fourth-order valence-electron chi connectivity index (χ4n) is 1.46. The van der Waals surface area contributed by atoms with Crippen LogP contribution in [-0.4, -0.2) is 6.26 Å². The minimum Gasteiger partial charge on any atom is -0.130 e. The van der Waals surface area contributed by atoms with Crippen LogP contribution in [0.4, 0.5) is 0 Å². The van der Waals surface area contributed by atoms with Crippen molar-refractivity contribution in [1.29, 1.82) is 0 Å². The average Bonchev–Trinajstić information content (AvgIpc) is 2.33. The molecule has 2 aromatic carbocycles. The summed E-state index contributed by atoms with van der Waals surface area (Å²) in [5.74, 6) is 0. The number of hydrogen-bond acceptors (Lipinski definition) is 1. The van der Waals surface area contributed by atoms with Crippen LogP contribution in [0, 0.1) is 0 Å². The Bertz CT molecular complexity index is 492. The van der Waals surface area contributed by atoms with Crippen LogP contribution in [0.1, 0.15) is 0 Å². The Balaban J connectivity index is 2.38. The monoisotopic (exact) mass is 268 g/mol. The zero-order valence-electron chi connectivity index (χ0n) is 8.71. The van der Waals surface area contributed by atoms with Crippen LogP contribution in [0.15, 0.2) is 47.4 Å². The van der Waals surface area contributed by atoms with Crippen LogP contribution >= 0.6 is 35.0 Å². The molecule has 2 aromatic rings. The van der Waals surface area contributed by atoms with Gasteiger partial charge in [-0.05, 0) is 41.6 Å². The molecule has 0 N–H and O–H groups in total. The van der Waals surface area contributed by atoms with Crippen molar-refractivity contribution in [3.8, 4) is 11.1 Å². The molecular formula is C13H10Cl2S. The summed E-state index contributed by atoms with van der Waals surface area (Å²) in [6, 6.07) is 14.1. The molecule has 0 atom stereocenters. The first-order chi connectivity index (χ1) is 7.70. The lowest BCUT2D eigenvalue weighted by Gasteiger charge is -2.04. The Morgan fingerprint density at radius 1 is 0.812 bits per heavy atom. The molecule has 0 amide bonds. The number of hydrogen-bond donors (Lipinski definition) is 0. The van der Waals surface area contributed by atoms with Gasteiger partial charge in [0.05, 0.1) is 10.0 Å². The van der Waals surface area contributed by atoms with Crippen LogP contribution in [0.2, 0.25) is 10.0 Å². The number of thioether (sulfide) groups is 1. The summed E-state index contributed by atoms with van der Waals surface area (Å²) in [6.07, 6.45) is 2.06. The van der Waals surface area contributed by atoms with Gasteiger partial charge in [-0.2, -0.15) is 0 Å². The van der Waals surface area contributed by atoms with E-state index in [4.69, 9.17) is 23.2 Å². The standard InChI is InChI=1S/C13H10Cl2S/c1-16-11-5-2-9(3-6-11)10-4-7-12(14)13(15)8-10/h2-8H,1H3. The summed E-state index contributed by atoms with van der Waals surface area (Å²) >= 11 is 13.6. The first-order valence-corrected chi connectivity index (χ1v) is 6.78. The van der Waals surface area contributed by atoms with Crippen molar-refractivity contribution >= 4 is 35.0 Å². The Labute approximate surface area is 110 Å². The van der Waals surface area contributed by atoms with Gasteiger partial charge in [-0.25, -0.2) is 0 Å².